The van der Waals surface area contributed by atoms with Crippen molar-refractivity contribution in [2.45, 2.75) is 13.5 Å². The van der Waals surface area contributed by atoms with Crippen molar-refractivity contribution >= 4 is 23.1 Å². The third-order valence-corrected chi connectivity index (χ3v) is 3.09. The maximum absolute atomic E-state index is 11.2. The van der Waals surface area contributed by atoms with Crippen LogP contribution in [0, 0.1) is 0 Å². The maximum Gasteiger partial charge on any atom is 0.178 e. The van der Waals surface area contributed by atoms with Crippen LogP contribution >= 0.6 is 11.6 Å². The average Bonchev–Trinajstić information content (AvgIpc) is 2.39. The van der Waals surface area contributed by atoms with E-state index in [1.807, 2.05) is 37.4 Å². The third-order valence-electron chi connectivity index (χ3n) is 2.86. The predicted molar refractivity (Wildman–Crippen MR) is 77.8 cm³/mol. The van der Waals surface area contributed by atoms with Crippen LogP contribution in [0.25, 0.3) is 0 Å². The Morgan fingerprint density at radius 2 is 2.11 bits per heavy atom. The van der Waals surface area contributed by atoms with E-state index in [2.05, 4.69) is 9.88 Å². The molecule has 0 aliphatic heterocycles. The first-order valence-electron chi connectivity index (χ1n) is 5.99. The van der Waals surface area contributed by atoms with Crippen molar-refractivity contribution in [1.82, 2.24) is 4.98 Å². The van der Waals surface area contributed by atoms with E-state index >= 15 is 0 Å². The standard InChI is InChI=1S/C15H15ClN2O/c1-11(19)15-7-6-14(9-17-15)18(2)10-12-4-3-5-13(16)8-12/h3-9H,10H2,1-2H3. The molecule has 0 radical (unpaired) electrons. The minimum Gasteiger partial charge on any atom is -0.369 e. The summed E-state index contributed by atoms with van der Waals surface area (Å²) < 4.78 is 0. The monoisotopic (exact) mass is 274 g/mol. The Morgan fingerprint density at radius 3 is 2.68 bits per heavy atom. The molecular weight excluding hydrogens is 260 g/mol. The van der Waals surface area contributed by atoms with E-state index in [0.29, 0.717) is 5.69 Å². The Bertz CT molecular complexity index is 581. The van der Waals surface area contributed by atoms with E-state index in [0.717, 1.165) is 22.8 Å². The maximum atomic E-state index is 11.2. The summed E-state index contributed by atoms with van der Waals surface area (Å²) >= 11 is 5.96. The summed E-state index contributed by atoms with van der Waals surface area (Å²) in [5.74, 6) is -0.0240. The zero-order valence-electron chi connectivity index (χ0n) is 10.9. The smallest absolute Gasteiger partial charge is 0.178 e. The first-order valence-corrected chi connectivity index (χ1v) is 6.36. The highest BCUT2D eigenvalue weighted by atomic mass is 35.5. The molecule has 1 aromatic heterocycles. The van der Waals surface area contributed by atoms with Gasteiger partial charge in [0.15, 0.2) is 5.78 Å². The highest BCUT2D eigenvalue weighted by Crippen LogP contribution is 2.17. The molecule has 2 rings (SSSR count). The molecule has 98 valence electrons. The number of pyridine rings is 1. The van der Waals surface area contributed by atoms with Crippen molar-refractivity contribution in [2.75, 3.05) is 11.9 Å². The number of halogens is 1. The van der Waals surface area contributed by atoms with Gasteiger partial charge in [-0.05, 0) is 29.8 Å². The zero-order chi connectivity index (χ0) is 13.8. The van der Waals surface area contributed by atoms with Crippen molar-refractivity contribution in [2.24, 2.45) is 0 Å². The molecule has 0 atom stereocenters. The van der Waals surface area contributed by atoms with Crippen molar-refractivity contribution in [3.05, 3.63) is 58.9 Å². The summed E-state index contributed by atoms with van der Waals surface area (Å²) in [5, 5.41) is 0.732. The number of rotatable bonds is 4. The topological polar surface area (TPSA) is 33.2 Å². The van der Waals surface area contributed by atoms with Gasteiger partial charge in [0, 0.05) is 25.5 Å². The van der Waals surface area contributed by atoms with Crippen LogP contribution in [0.15, 0.2) is 42.6 Å². The van der Waals surface area contributed by atoms with Gasteiger partial charge in [0.05, 0.1) is 11.9 Å². The van der Waals surface area contributed by atoms with Crippen molar-refractivity contribution < 1.29 is 4.79 Å². The summed E-state index contributed by atoms with van der Waals surface area (Å²) in [4.78, 5) is 17.4. The Morgan fingerprint density at radius 1 is 1.32 bits per heavy atom. The third kappa shape index (κ3) is 3.55. The fourth-order valence-electron chi connectivity index (χ4n) is 1.82. The van der Waals surface area contributed by atoms with Crippen LogP contribution < -0.4 is 4.90 Å². The lowest BCUT2D eigenvalue weighted by atomic mass is 10.2. The summed E-state index contributed by atoms with van der Waals surface area (Å²) in [5.41, 5.74) is 2.58. The Hall–Kier alpha value is -1.87. The molecule has 1 heterocycles. The number of benzene rings is 1. The first kappa shape index (κ1) is 13.6. The molecular formula is C15H15ClN2O. The molecule has 2 aromatic rings. The van der Waals surface area contributed by atoms with Crippen molar-refractivity contribution in [3.63, 3.8) is 0 Å². The number of hydrogen-bond donors (Lipinski definition) is 0. The van der Waals surface area contributed by atoms with Gasteiger partial charge >= 0.3 is 0 Å². The quantitative estimate of drug-likeness (QED) is 0.799. The molecule has 0 fully saturated rings. The molecule has 0 N–H and O–H groups in total. The second kappa shape index (κ2) is 5.85. The van der Waals surface area contributed by atoms with E-state index in [9.17, 15) is 4.79 Å². The van der Waals surface area contributed by atoms with Gasteiger partial charge in [-0.3, -0.25) is 9.78 Å². The lowest BCUT2D eigenvalue weighted by molar-refractivity contribution is 0.101. The minimum atomic E-state index is -0.0240. The normalized spacial score (nSPS) is 10.3. The highest BCUT2D eigenvalue weighted by Gasteiger charge is 2.05. The lowest BCUT2D eigenvalue weighted by Crippen LogP contribution is -2.16. The fourth-order valence-corrected chi connectivity index (χ4v) is 2.03. The molecule has 0 spiro atoms. The molecule has 1 aromatic carbocycles. The number of carbonyl (C=O) groups excluding carboxylic acids is 1. The van der Waals surface area contributed by atoms with Crippen LogP contribution in [0.2, 0.25) is 5.02 Å². The molecule has 0 unspecified atom stereocenters. The Kier molecular flexibility index (Phi) is 4.17. The van der Waals surface area contributed by atoms with Gasteiger partial charge in [0.25, 0.3) is 0 Å². The summed E-state index contributed by atoms with van der Waals surface area (Å²) in [6.07, 6.45) is 1.71. The molecule has 0 bridgehead atoms. The van der Waals surface area contributed by atoms with Crippen molar-refractivity contribution in [3.8, 4) is 0 Å². The van der Waals surface area contributed by atoms with Gasteiger partial charge < -0.3 is 4.90 Å². The molecule has 19 heavy (non-hydrogen) atoms. The van der Waals surface area contributed by atoms with Gasteiger partial charge in [0.2, 0.25) is 0 Å². The van der Waals surface area contributed by atoms with Crippen LogP contribution in [0.1, 0.15) is 23.0 Å². The summed E-state index contributed by atoms with van der Waals surface area (Å²) in [6, 6.07) is 11.4. The number of carbonyl (C=O) groups is 1. The van der Waals surface area contributed by atoms with Crippen molar-refractivity contribution in [1.29, 1.82) is 0 Å². The zero-order valence-corrected chi connectivity index (χ0v) is 11.7. The fraction of sp³-hybridized carbons (Fsp3) is 0.200. The number of anilines is 1. The molecule has 0 aliphatic rings. The molecule has 4 heteroatoms. The summed E-state index contributed by atoms with van der Waals surface area (Å²) in [7, 11) is 1.98. The molecule has 0 amide bonds. The Balaban J connectivity index is 2.11. The SMILES string of the molecule is CC(=O)c1ccc(N(C)Cc2cccc(Cl)c2)cn1. The molecule has 0 aliphatic carbocycles. The van der Waals surface area contributed by atoms with Crippen LogP contribution in [0.3, 0.4) is 0 Å². The molecule has 0 saturated heterocycles. The van der Waals surface area contributed by atoms with Crippen LogP contribution in [-0.4, -0.2) is 17.8 Å². The Labute approximate surface area is 117 Å². The largest absolute Gasteiger partial charge is 0.369 e. The lowest BCUT2D eigenvalue weighted by Gasteiger charge is -2.19. The second-order valence-corrected chi connectivity index (χ2v) is 4.88. The molecule has 3 nitrogen and oxygen atoms in total. The van der Waals surface area contributed by atoms with Crippen LogP contribution in [0.5, 0.6) is 0 Å². The average molecular weight is 275 g/mol. The summed E-state index contributed by atoms with van der Waals surface area (Å²) in [6.45, 7) is 2.25. The van der Waals surface area contributed by atoms with E-state index in [4.69, 9.17) is 11.6 Å². The van der Waals surface area contributed by atoms with Gasteiger partial charge in [-0.1, -0.05) is 23.7 Å². The highest BCUT2D eigenvalue weighted by molar-refractivity contribution is 6.30. The van der Waals surface area contributed by atoms with Gasteiger partial charge in [-0.2, -0.15) is 0 Å². The van der Waals surface area contributed by atoms with E-state index in [1.54, 1.807) is 12.3 Å². The number of hydrogen-bond acceptors (Lipinski definition) is 3. The minimum absolute atomic E-state index is 0.0240. The van der Waals surface area contributed by atoms with Gasteiger partial charge in [-0.25, -0.2) is 0 Å². The van der Waals surface area contributed by atoms with E-state index in [1.165, 1.54) is 6.92 Å². The first-order chi connectivity index (χ1) is 9.06. The van der Waals surface area contributed by atoms with E-state index < -0.39 is 0 Å². The van der Waals surface area contributed by atoms with Crippen LogP contribution in [0.4, 0.5) is 5.69 Å². The number of nitrogens with zero attached hydrogens (tertiary/aromatic N) is 2. The number of aromatic nitrogens is 1. The predicted octanol–water partition coefficient (Wildman–Crippen LogP) is 3.57. The second-order valence-electron chi connectivity index (χ2n) is 4.44. The number of ketones is 1. The number of Topliss-reactive ketones (excluding diaryl/α,β-unsaturated/α-hetero) is 1. The van der Waals surface area contributed by atoms with Gasteiger partial charge in [-0.15, -0.1) is 0 Å². The van der Waals surface area contributed by atoms with Gasteiger partial charge in [0.1, 0.15) is 5.69 Å². The van der Waals surface area contributed by atoms with Crippen LogP contribution in [-0.2, 0) is 6.54 Å². The molecule has 0 saturated carbocycles. The van der Waals surface area contributed by atoms with E-state index in [-0.39, 0.29) is 5.78 Å².